The number of fused-ring (bicyclic) bond motifs is 1. The van der Waals surface area contributed by atoms with E-state index in [-0.39, 0.29) is 28.9 Å². The highest BCUT2D eigenvalue weighted by atomic mass is 16.3. The van der Waals surface area contributed by atoms with Crippen molar-refractivity contribution in [3.63, 3.8) is 0 Å². The number of amides is 1. The first-order valence-electron chi connectivity index (χ1n) is 9.57. The van der Waals surface area contributed by atoms with E-state index in [4.69, 9.17) is 0 Å². The fraction of sp³-hybridized carbons (Fsp3) is 0.348. The summed E-state index contributed by atoms with van der Waals surface area (Å²) in [4.78, 5) is 14.7. The van der Waals surface area contributed by atoms with Crippen molar-refractivity contribution in [3.8, 4) is 11.5 Å². The van der Waals surface area contributed by atoms with Gasteiger partial charge in [0.1, 0.15) is 11.5 Å². The Bertz CT molecular complexity index is 917. The van der Waals surface area contributed by atoms with Crippen molar-refractivity contribution in [1.29, 1.82) is 0 Å². The first-order chi connectivity index (χ1) is 13.3. The largest absolute Gasteiger partial charge is 0.508 e. The summed E-state index contributed by atoms with van der Waals surface area (Å²) in [7, 11) is 0. The highest BCUT2D eigenvalue weighted by Crippen LogP contribution is 2.35. The molecule has 1 aliphatic heterocycles. The van der Waals surface area contributed by atoms with Crippen LogP contribution in [0.15, 0.2) is 42.5 Å². The molecular weight excluding hydrogens is 354 g/mol. The number of hydrogen-bond acceptors (Lipinski definition) is 4. The van der Waals surface area contributed by atoms with E-state index in [1.807, 2.05) is 51.1 Å². The van der Waals surface area contributed by atoms with Gasteiger partial charge in [-0.3, -0.25) is 4.79 Å². The van der Waals surface area contributed by atoms with E-state index in [9.17, 15) is 20.1 Å². The number of hydrogen-bond donors (Lipinski definition) is 3. The predicted octanol–water partition coefficient (Wildman–Crippen LogP) is 4.38. The molecular formula is C23H27NO4. The standard InChI is InChI=1S/C23H27NO4/c1-4-5-6-20(25)15-7-8-16-12-24(13-17(16)9-15)23(28)19-10-18(14(2)3)21(26)11-22(19)27/h4-5,7-11,14,20,25-27H,6,12-13H2,1-3H3/b5-4+. The number of benzene rings is 2. The third-order valence-electron chi connectivity index (χ3n) is 5.22. The number of aliphatic hydroxyl groups is 1. The van der Waals surface area contributed by atoms with Crippen molar-refractivity contribution < 1.29 is 20.1 Å². The first-order valence-corrected chi connectivity index (χ1v) is 9.57. The highest BCUT2D eigenvalue weighted by Gasteiger charge is 2.27. The minimum Gasteiger partial charge on any atom is -0.508 e. The molecule has 0 aliphatic carbocycles. The molecule has 0 saturated heterocycles. The Morgan fingerprint density at radius 3 is 2.50 bits per heavy atom. The van der Waals surface area contributed by atoms with Crippen molar-refractivity contribution in [2.75, 3.05) is 0 Å². The van der Waals surface area contributed by atoms with Crippen LogP contribution < -0.4 is 0 Å². The van der Waals surface area contributed by atoms with Gasteiger partial charge in [-0.1, -0.05) is 44.2 Å². The van der Waals surface area contributed by atoms with E-state index >= 15 is 0 Å². The molecule has 0 saturated carbocycles. The molecule has 1 aliphatic rings. The third-order valence-corrected chi connectivity index (χ3v) is 5.22. The minimum absolute atomic E-state index is 0.00600. The second-order valence-electron chi connectivity index (χ2n) is 7.59. The molecule has 0 aromatic heterocycles. The average molecular weight is 381 g/mol. The topological polar surface area (TPSA) is 81.0 Å². The van der Waals surface area contributed by atoms with Gasteiger partial charge in [0, 0.05) is 19.2 Å². The van der Waals surface area contributed by atoms with E-state index in [1.165, 1.54) is 6.07 Å². The quantitative estimate of drug-likeness (QED) is 0.672. The van der Waals surface area contributed by atoms with Gasteiger partial charge >= 0.3 is 0 Å². The summed E-state index contributed by atoms with van der Waals surface area (Å²) in [6.45, 7) is 6.65. The monoisotopic (exact) mass is 381 g/mol. The van der Waals surface area contributed by atoms with Crippen LogP contribution in [0.3, 0.4) is 0 Å². The smallest absolute Gasteiger partial charge is 0.258 e. The number of aromatic hydroxyl groups is 2. The van der Waals surface area contributed by atoms with Gasteiger partial charge in [-0.05, 0) is 47.6 Å². The van der Waals surface area contributed by atoms with E-state index in [0.717, 1.165) is 16.7 Å². The van der Waals surface area contributed by atoms with Gasteiger partial charge < -0.3 is 20.2 Å². The molecule has 2 aromatic rings. The second-order valence-corrected chi connectivity index (χ2v) is 7.59. The lowest BCUT2D eigenvalue weighted by molar-refractivity contribution is 0.0748. The molecule has 2 aromatic carbocycles. The number of rotatable bonds is 5. The molecule has 0 spiro atoms. The van der Waals surface area contributed by atoms with Gasteiger partial charge in [0.15, 0.2) is 0 Å². The van der Waals surface area contributed by atoms with Gasteiger partial charge in [0.25, 0.3) is 5.91 Å². The summed E-state index contributed by atoms with van der Waals surface area (Å²) in [5.41, 5.74) is 3.71. The molecule has 3 rings (SSSR count). The lowest BCUT2D eigenvalue weighted by Gasteiger charge is -2.18. The molecule has 5 nitrogen and oxygen atoms in total. The predicted molar refractivity (Wildman–Crippen MR) is 108 cm³/mol. The SMILES string of the molecule is C/C=C/CC(O)c1ccc2c(c1)CN(C(=O)c1cc(C(C)C)c(O)cc1O)C2. The Morgan fingerprint density at radius 1 is 1.11 bits per heavy atom. The molecule has 148 valence electrons. The third kappa shape index (κ3) is 3.90. The summed E-state index contributed by atoms with van der Waals surface area (Å²) in [6, 6.07) is 8.62. The van der Waals surface area contributed by atoms with Crippen LogP contribution in [-0.4, -0.2) is 26.1 Å². The van der Waals surface area contributed by atoms with E-state index in [2.05, 4.69) is 0 Å². The van der Waals surface area contributed by atoms with Gasteiger partial charge in [-0.2, -0.15) is 0 Å². The lowest BCUT2D eigenvalue weighted by Crippen LogP contribution is -2.25. The zero-order valence-corrected chi connectivity index (χ0v) is 16.5. The van der Waals surface area contributed by atoms with Crippen molar-refractivity contribution in [3.05, 3.63) is 70.3 Å². The number of nitrogens with zero attached hydrogens (tertiary/aromatic N) is 1. The fourth-order valence-electron chi connectivity index (χ4n) is 3.56. The summed E-state index contributed by atoms with van der Waals surface area (Å²) >= 11 is 0. The van der Waals surface area contributed by atoms with Gasteiger partial charge in [-0.25, -0.2) is 0 Å². The number of carbonyl (C=O) groups excluding carboxylic acids is 1. The van der Waals surface area contributed by atoms with Crippen LogP contribution in [0.2, 0.25) is 0 Å². The molecule has 1 atom stereocenters. The van der Waals surface area contributed by atoms with Crippen LogP contribution in [-0.2, 0) is 13.1 Å². The van der Waals surface area contributed by atoms with Crippen LogP contribution in [0.4, 0.5) is 0 Å². The van der Waals surface area contributed by atoms with Crippen LogP contribution in [0.25, 0.3) is 0 Å². The Morgan fingerprint density at radius 2 is 1.82 bits per heavy atom. The zero-order valence-electron chi connectivity index (χ0n) is 16.5. The highest BCUT2D eigenvalue weighted by molar-refractivity contribution is 5.97. The maximum atomic E-state index is 13.0. The van der Waals surface area contributed by atoms with Crippen LogP contribution in [0.1, 0.15) is 71.8 Å². The molecule has 0 radical (unpaired) electrons. The van der Waals surface area contributed by atoms with Crippen molar-refractivity contribution >= 4 is 5.91 Å². The molecule has 0 bridgehead atoms. The Hall–Kier alpha value is -2.79. The normalized spacial score (nSPS) is 14.7. The Labute approximate surface area is 165 Å². The number of allylic oxidation sites excluding steroid dienone is 1. The summed E-state index contributed by atoms with van der Waals surface area (Å²) in [6.07, 6.45) is 3.82. The van der Waals surface area contributed by atoms with E-state index < -0.39 is 6.10 Å². The first kappa shape index (κ1) is 20.0. The van der Waals surface area contributed by atoms with Crippen LogP contribution in [0.5, 0.6) is 11.5 Å². The van der Waals surface area contributed by atoms with Crippen molar-refractivity contribution in [2.24, 2.45) is 0 Å². The zero-order chi connectivity index (χ0) is 20.4. The minimum atomic E-state index is -0.569. The molecule has 28 heavy (non-hydrogen) atoms. The van der Waals surface area contributed by atoms with Gasteiger partial charge in [0.05, 0.1) is 11.7 Å². The van der Waals surface area contributed by atoms with Crippen molar-refractivity contribution in [2.45, 2.75) is 52.3 Å². The molecule has 1 unspecified atom stereocenters. The number of carbonyl (C=O) groups is 1. The summed E-state index contributed by atoms with van der Waals surface area (Å²) in [5.74, 6) is -0.463. The van der Waals surface area contributed by atoms with Gasteiger partial charge in [0.2, 0.25) is 0 Å². The number of phenolic OH excluding ortho intramolecular Hbond substituents is 2. The van der Waals surface area contributed by atoms with Crippen LogP contribution >= 0.6 is 0 Å². The second kappa shape index (κ2) is 8.07. The number of phenols is 2. The molecule has 3 N–H and O–H groups in total. The lowest BCUT2D eigenvalue weighted by atomic mass is 9.98. The van der Waals surface area contributed by atoms with E-state index in [0.29, 0.717) is 25.1 Å². The van der Waals surface area contributed by atoms with E-state index in [1.54, 1.807) is 11.0 Å². The average Bonchev–Trinajstić information content (AvgIpc) is 3.08. The molecule has 5 heteroatoms. The summed E-state index contributed by atoms with van der Waals surface area (Å²) in [5, 5.41) is 30.5. The molecule has 1 amide bonds. The fourth-order valence-corrected chi connectivity index (χ4v) is 3.56. The Kier molecular flexibility index (Phi) is 5.75. The van der Waals surface area contributed by atoms with Crippen LogP contribution in [0, 0.1) is 0 Å². The van der Waals surface area contributed by atoms with Crippen molar-refractivity contribution in [1.82, 2.24) is 4.90 Å². The number of aliphatic hydroxyl groups excluding tert-OH is 1. The molecule has 1 heterocycles. The van der Waals surface area contributed by atoms with Gasteiger partial charge in [-0.15, -0.1) is 0 Å². The summed E-state index contributed by atoms with van der Waals surface area (Å²) < 4.78 is 0. The molecule has 0 fully saturated rings. The Balaban J connectivity index is 1.82. The maximum absolute atomic E-state index is 13.0. The maximum Gasteiger partial charge on any atom is 0.258 e.